The van der Waals surface area contributed by atoms with Crippen LogP contribution in [0.15, 0.2) is 0 Å². The zero-order valence-corrected chi connectivity index (χ0v) is 6.26. The number of thiol groups is 1. The predicted molar refractivity (Wildman–Crippen MR) is 38.1 cm³/mol. The van der Waals surface area contributed by atoms with Crippen LogP contribution in [0, 0.1) is 0 Å². The summed E-state index contributed by atoms with van der Waals surface area (Å²) < 4.78 is 0.616. The second kappa shape index (κ2) is 3.46. The van der Waals surface area contributed by atoms with Gasteiger partial charge in [0.25, 0.3) is 0 Å². The van der Waals surface area contributed by atoms with E-state index in [0.717, 1.165) is 0 Å². The van der Waals surface area contributed by atoms with Gasteiger partial charge < -0.3 is 0 Å². The fourth-order valence-corrected chi connectivity index (χ4v) is 0. The molecule has 0 fully saturated rings. The minimum atomic E-state index is 0.616. The molecule has 0 aromatic heterocycles. The van der Waals surface area contributed by atoms with Crippen molar-refractivity contribution in [2.24, 2.45) is 0 Å². The van der Waals surface area contributed by atoms with Gasteiger partial charge in [-0.1, -0.05) is 12.2 Å². The van der Waals surface area contributed by atoms with E-state index in [0.29, 0.717) is 3.53 Å². The summed E-state index contributed by atoms with van der Waals surface area (Å²) in [4.78, 5) is 0. The summed E-state index contributed by atoms with van der Waals surface area (Å²) in [5.74, 6) is 0. The Balaban J connectivity index is 2.85. The lowest BCUT2D eigenvalue weighted by molar-refractivity contribution is 4.24. The molecule has 0 N–H and O–H groups in total. The van der Waals surface area contributed by atoms with Gasteiger partial charge in [-0.2, -0.15) is 0 Å². The third-order valence-corrected chi connectivity index (χ3v) is 3.09. The Hall–Kier alpha value is 1.27. The van der Waals surface area contributed by atoms with E-state index in [-0.39, 0.29) is 0 Å². The highest BCUT2D eigenvalue weighted by atomic mass is 79.9. The molecule has 0 atom stereocenters. The molecule has 30 valence electrons. The van der Waals surface area contributed by atoms with Gasteiger partial charge in [0.1, 0.15) is 3.53 Å². The topological polar surface area (TPSA) is 0 Å². The van der Waals surface area contributed by atoms with Gasteiger partial charge in [0.15, 0.2) is 0 Å². The molecule has 0 radical (unpaired) electrons. The molecule has 0 aliphatic rings. The van der Waals surface area contributed by atoms with Crippen molar-refractivity contribution in [1.29, 1.82) is 0 Å². The minimum Gasteiger partial charge on any atom is -0.124 e. The molecule has 0 amide bonds. The lowest BCUT2D eigenvalue weighted by Gasteiger charge is -1.72. The zero-order chi connectivity index (χ0) is 4.28. The number of hydrogen-bond donors (Lipinski definition) is 1. The Bertz CT molecular complexity index is 42.2. The lowest BCUT2D eigenvalue weighted by atomic mass is 11.9. The Morgan fingerprint density at radius 1 is 2.00 bits per heavy atom. The monoisotopic (exact) mass is 188 g/mol. The molecule has 0 nitrogen and oxygen atoms in total. The predicted octanol–water partition coefficient (Wildman–Crippen LogP) is 2.24. The van der Waals surface area contributed by atoms with Gasteiger partial charge in [0, 0.05) is 0 Å². The first kappa shape index (κ1) is 6.27. The molecule has 0 aliphatic heterocycles. The highest BCUT2D eigenvalue weighted by Gasteiger charge is 1.75. The van der Waals surface area contributed by atoms with Crippen molar-refractivity contribution in [1.82, 2.24) is 0 Å². The van der Waals surface area contributed by atoms with Crippen molar-refractivity contribution in [3.63, 3.8) is 0 Å². The van der Waals surface area contributed by atoms with E-state index >= 15 is 0 Å². The zero-order valence-electron chi connectivity index (χ0n) is 2.14. The molecule has 0 aromatic carbocycles. The smallest absolute Gasteiger partial charge is 0.112 e. The first-order chi connectivity index (χ1) is 2.27. The van der Waals surface area contributed by atoms with Gasteiger partial charge in [-0.25, -0.2) is 0 Å². The molecule has 0 rings (SSSR count). The van der Waals surface area contributed by atoms with Crippen LogP contribution in [-0.4, -0.2) is 3.53 Å². The molecule has 0 saturated heterocycles. The van der Waals surface area contributed by atoms with Crippen molar-refractivity contribution >= 4 is 53.4 Å². The van der Waals surface area contributed by atoms with Gasteiger partial charge in [-0.3, -0.25) is 0 Å². The molecule has 5 heavy (non-hydrogen) atoms. The van der Waals surface area contributed by atoms with E-state index in [1.807, 2.05) is 0 Å². The normalized spacial score (nSPS) is 7.60. The standard InChI is InChI=1S/CHBrS3/c2-5-1(3)4/h(H,3,4). The van der Waals surface area contributed by atoms with Gasteiger partial charge >= 0.3 is 0 Å². The van der Waals surface area contributed by atoms with Crippen LogP contribution in [0.5, 0.6) is 0 Å². The van der Waals surface area contributed by atoms with Crippen LogP contribution in [0.3, 0.4) is 0 Å². The molecule has 0 spiro atoms. The molecule has 4 heteroatoms. The Morgan fingerprint density at radius 2 is 2.20 bits per heavy atom. The van der Waals surface area contributed by atoms with Crippen molar-refractivity contribution in [2.45, 2.75) is 0 Å². The van der Waals surface area contributed by atoms with Crippen LogP contribution in [0.2, 0.25) is 0 Å². The lowest BCUT2D eigenvalue weighted by Crippen LogP contribution is -1.53. The van der Waals surface area contributed by atoms with Crippen molar-refractivity contribution < 1.29 is 0 Å². The van der Waals surface area contributed by atoms with E-state index < -0.39 is 0 Å². The fraction of sp³-hybridized carbons (Fsp3) is 0. The minimum absolute atomic E-state index is 0.616. The Labute approximate surface area is 53.3 Å². The van der Waals surface area contributed by atoms with E-state index in [9.17, 15) is 0 Å². The van der Waals surface area contributed by atoms with Crippen LogP contribution in [0.25, 0.3) is 0 Å². The summed E-state index contributed by atoms with van der Waals surface area (Å²) in [6.07, 6.45) is 0. The second-order valence-electron chi connectivity index (χ2n) is 0.343. The average molecular weight is 189 g/mol. The maximum atomic E-state index is 4.48. The SMILES string of the molecule is S=C(S)SBr. The quantitative estimate of drug-likeness (QED) is 0.458. The van der Waals surface area contributed by atoms with Crippen LogP contribution in [0.4, 0.5) is 0 Å². The highest BCUT2D eigenvalue weighted by Crippen LogP contribution is 2.14. The van der Waals surface area contributed by atoms with Crippen LogP contribution in [0.1, 0.15) is 0 Å². The van der Waals surface area contributed by atoms with Gasteiger partial charge in [0.2, 0.25) is 0 Å². The van der Waals surface area contributed by atoms with E-state index in [1.165, 1.54) is 10.2 Å². The van der Waals surface area contributed by atoms with E-state index in [4.69, 9.17) is 0 Å². The van der Waals surface area contributed by atoms with Crippen molar-refractivity contribution in [2.75, 3.05) is 0 Å². The molecule has 0 aromatic rings. The van der Waals surface area contributed by atoms with E-state index in [1.54, 1.807) is 0 Å². The Kier molecular flexibility index (Phi) is 4.34. The first-order valence-electron chi connectivity index (χ1n) is 0.786. The number of hydrogen-bond acceptors (Lipinski definition) is 2. The maximum Gasteiger partial charge on any atom is 0.112 e. The van der Waals surface area contributed by atoms with Crippen LogP contribution < -0.4 is 0 Å². The summed E-state index contributed by atoms with van der Waals surface area (Å²) in [7, 11) is 1.29. The molecule has 0 saturated carbocycles. The third-order valence-electron chi connectivity index (χ3n) is 0.0660. The maximum absolute atomic E-state index is 4.48. The van der Waals surface area contributed by atoms with Crippen molar-refractivity contribution in [3.8, 4) is 0 Å². The van der Waals surface area contributed by atoms with Crippen molar-refractivity contribution in [3.05, 3.63) is 0 Å². The molecule has 0 aliphatic carbocycles. The molecule has 0 heterocycles. The fourth-order valence-electron chi connectivity index (χ4n) is 0. The Morgan fingerprint density at radius 3 is 2.20 bits per heavy atom. The molecule has 0 bridgehead atoms. The second-order valence-corrected chi connectivity index (χ2v) is 3.60. The number of rotatable bonds is 0. The molecular formula is CHBrS3. The summed E-state index contributed by atoms with van der Waals surface area (Å²) >= 11 is 11.2. The van der Waals surface area contributed by atoms with Crippen LogP contribution in [-0.2, 0) is 0 Å². The summed E-state index contributed by atoms with van der Waals surface area (Å²) in [5, 5.41) is 0. The largest absolute Gasteiger partial charge is 0.124 e. The van der Waals surface area contributed by atoms with E-state index in [2.05, 4.69) is 39.7 Å². The van der Waals surface area contributed by atoms with Gasteiger partial charge in [0.05, 0.1) is 0 Å². The summed E-state index contributed by atoms with van der Waals surface area (Å²) in [6, 6.07) is 0. The summed E-state index contributed by atoms with van der Waals surface area (Å²) in [6.45, 7) is 0. The van der Waals surface area contributed by atoms with Gasteiger partial charge in [-0.15, -0.1) is 12.6 Å². The molecular weight excluding hydrogens is 188 g/mol. The molecule has 0 unspecified atom stereocenters. The number of thiocarbonyl (C=S) groups is 1. The number of halogens is 1. The highest BCUT2D eigenvalue weighted by molar-refractivity contribution is 9.53. The average Bonchev–Trinajstić information content (AvgIpc) is 1.38. The van der Waals surface area contributed by atoms with Crippen LogP contribution >= 0.6 is 49.9 Å². The first-order valence-corrected chi connectivity index (χ1v) is 4.30. The summed E-state index contributed by atoms with van der Waals surface area (Å²) in [5.41, 5.74) is 0. The third kappa shape index (κ3) is 5.27. The van der Waals surface area contributed by atoms with Gasteiger partial charge in [-0.05, 0) is 25.0 Å².